The summed E-state index contributed by atoms with van der Waals surface area (Å²) >= 11 is 0. The second kappa shape index (κ2) is 10.4. The molecule has 0 spiro atoms. The Bertz CT molecular complexity index is 862. The monoisotopic (exact) mass is 461 g/mol. The number of aromatic nitrogens is 2. The highest BCUT2D eigenvalue weighted by atomic mass is 16.6. The molecule has 3 rings (SSSR count). The van der Waals surface area contributed by atoms with Gasteiger partial charge in [0.05, 0.1) is 24.3 Å². The molecule has 1 aromatic heterocycles. The van der Waals surface area contributed by atoms with Gasteiger partial charge in [0.25, 0.3) is 0 Å². The van der Waals surface area contributed by atoms with Gasteiger partial charge >= 0.3 is 11.9 Å². The minimum atomic E-state index is -0.462. The third kappa shape index (κ3) is 6.23. The normalized spacial score (nSPS) is 23.6. The maximum atomic E-state index is 12.7. The van der Waals surface area contributed by atoms with Crippen molar-refractivity contribution in [1.82, 2.24) is 14.5 Å². The number of hydrogen-bond acceptors (Lipinski definition) is 7. The van der Waals surface area contributed by atoms with Gasteiger partial charge in [0.15, 0.2) is 0 Å². The van der Waals surface area contributed by atoms with Crippen molar-refractivity contribution in [3.63, 3.8) is 0 Å². The summed E-state index contributed by atoms with van der Waals surface area (Å²) in [5.74, 6) is -0.171. The van der Waals surface area contributed by atoms with E-state index in [1.54, 1.807) is 6.08 Å². The third-order valence-corrected chi connectivity index (χ3v) is 6.63. The van der Waals surface area contributed by atoms with E-state index in [-0.39, 0.29) is 12.6 Å². The van der Waals surface area contributed by atoms with E-state index in [0.717, 1.165) is 50.0 Å². The highest BCUT2D eigenvalue weighted by Gasteiger charge is 2.42. The maximum absolute atomic E-state index is 12.7. The highest BCUT2D eigenvalue weighted by Crippen LogP contribution is 2.40. The molecular formula is C25H39N3O5. The molecule has 184 valence electrons. The van der Waals surface area contributed by atoms with E-state index >= 15 is 0 Å². The topological polar surface area (TPSA) is 82.9 Å². The van der Waals surface area contributed by atoms with Crippen LogP contribution in [0.3, 0.4) is 0 Å². The first-order valence-electron chi connectivity index (χ1n) is 11.9. The molecule has 0 bridgehead atoms. The van der Waals surface area contributed by atoms with Gasteiger partial charge in [0, 0.05) is 38.3 Å². The predicted octanol–water partition coefficient (Wildman–Crippen LogP) is 3.43. The molecule has 0 aromatic carbocycles. The first kappa shape index (κ1) is 25.4. The maximum Gasteiger partial charge on any atom is 0.374 e. The Hall–Kier alpha value is -2.19. The van der Waals surface area contributed by atoms with Gasteiger partial charge in [-0.15, -0.1) is 6.58 Å². The molecule has 1 aromatic rings. The van der Waals surface area contributed by atoms with E-state index in [1.807, 2.05) is 39.3 Å². The number of imidazole rings is 1. The van der Waals surface area contributed by atoms with Crippen molar-refractivity contribution in [2.24, 2.45) is 12.5 Å². The van der Waals surface area contributed by atoms with Crippen LogP contribution in [0.15, 0.2) is 12.7 Å². The number of rotatable bonds is 8. The summed E-state index contributed by atoms with van der Waals surface area (Å²) in [6.07, 6.45) is 6.06. The van der Waals surface area contributed by atoms with Crippen molar-refractivity contribution in [2.45, 2.75) is 78.0 Å². The molecule has 0 atom stereocenters. The Balaban J connectivity index is 1.56. The molecule has 33 heavy (non-hydrogen) atoms. The SMILES string of the molecule is C=CCOCCOC(=O)c1nc2c(n1C)CCN(C1CCC(C)(C(=O)OC(C)(C)C)CC1)C2. The van der Waals surface area contributed by atoms with E-state index in [2.05, 4.69) is 16.5 Å². The number of nitrogens with zero attached hydrogens (tertiary/aromatic N) is 3. The molecule has 0 amide bonds. The summed E-state index contributed by atoms with van der Waals surface area (Å²) in [5.41, 5.74) is 1.16. The Labute approximate surface area is 197 Å². The summed E-state index contributed by atoms with van der Waals surface area (Å²) in [5, 5.41) is 0. The van der Waals surface area contributed by atoms with Crippen LogP contribution >= 0.6 is 0 Å². The van der Waals surface area contributed by atoms with Crippen molar-refractivity contribution in [1.29, 1.82) is 0 Å². The lowest BCUT2D eigenvalue weighted by atomic mass is 9.73. The first-order valence-corrected chi connectivity index (χ1v) is 11.9. The highest BCUT2D eigenvalue weighted by molar-refractivity contribution is 5.86. The van der Waals surface area contributed by atoms with Crippen LogP contribution in [0.5, 0.6) is 0 Å². The fraction of sp³-hybridized carbons (Fsp3) is 0.720. The molecule has 0 saturated heterocycles. The molecule has 1 saturated carbocycles. The molecule has 1 fully saturated rings. The second-order valence-corrected chi connectivity index (χ2v) is 10.4. The zero-order valence-corrected chi connectivity index (χ0v) is 20.8. The van der Waals surface area contributed by atoms with E-state index in [0.29, 0.717) is 31.6 Å². The van der Waals surface area contributed by atoms with Gasteiger partial charge in [0.1, 0.15) is 12.2 Å². The lowest BCUT2D eigenvalue weighted by Gasteiger charge is -2.42. The fourth-order valence-electron chi connectivity index (χ4n) is 4.68. The molecule has 0 radical (unpaired) electrons. The summed E-state index contributed by atoms with van der Waals surface area (Å²) in [6.45, 7) is 14.0. The Morgan fingerprint density at radius 1 is 1.24 bits per heavy atom. The van der Waals surface area contributed by atoms with Gasteiger partial charge < -0.3 is 18.8 Å². The van der Waals surface area contributed by atoms with Gasteiger partial charge in [-0.25, -0.2) is 9.78 Å². The van der Waals surface area contributed by atoms with Crippen molar-refractivity contribution >= 4 is 11.9 Å². The Kier molecular flexibility index (Phi) is 8.00. The van der Waals surface area contributed by atoms with Crippen LogP contribution in [0.25, 0.3) is 0 Å². The number of fused-ring (bicyclic) bond motifs is 1. The quantitative estimate of drug-likeness (QED) is 0.333. The summed E-state index contributed by atoms with van der Waals surface area (Å²) in [4.78, 5) is 32.3. The summed E-state index contributed by atoms with van der Waals surface area (Å²) < 4.78 is 18.1. The molecule has 0 N–H and O–H groups in total. The summed E-state index contributed by atoms with van der Waals surface area (Å²) in [6, 6.07) is 0.410. The van der Waals surface area contributed by atoms with Crippen LogP contribution in [-0.4, -0.2) is 64.4 Å². The standard InChI is InChI=1S/C25H39N3O5/c1-7-14-31-15-16-32-22(29)21-26-19-17-28(13-10-20(19)27(21)6)18-8-11-25(5,12-9-18)23(30)33-24(2,3)4/h7,18H,1,8-17H2,2-6H3. The first-order chi connectivity index (χ1) is 15.5. The van der Waals surface area contributed by atoms with Crippen LogP contribution in [-0.2, 0) is 39.0 Å². The predicted molar refractivity (Wildman–Crippen MR) is 125 cm³/mol. The Morgan fingerprint density at radius 2 is 1.94 bits per heavy atom. The van der Waals surface area contributed by atoms with E-state index in [4.69, 9.17) is 14.2 Å². The zero-order valence-electron chi connectivity index (χ0n) is 20.8. The fourth-order valence-corrected chi connectivity index (χ4v) is 4.68. The van der Waals surface area contributed by atoms with E-state index in [1.165, 1.54) is 0 Å². The molecule has 2 heterocycles. The van der Waals surface area contributed by atoms with E-state index < -0.39 is 17.0 Å². The van der Waals surface area contributed by atoms with Crippen LogP contribution in [0.4, 0.5) is 0 Å². The van der Waals surface area contributed by atoms with E-state index in [9.17, 15) is 9.59 Å². The number of carbonyl (C=O) groups is 2. The van der Waals surface area contributed by atoms with Crippen LogP contribution in [0.1, 0.15) is 75.4 Å². The average molecular weight is 462 g/mol. The van der Waals surface area contributed by atoms with Gasteiger partial charge in [-0.2, -0.15) is 0 Å². The molecule has 8 nitrogen and oxygen atoms in total. The van der Waals surface area contributed by atoms with Gasteiger partial charge in [-0.3, -0.25) is 9.69 Å². The van der Waals surface area contributed by atoms with Crippen molar-refractivity contribution in [3.05, 3.63) is 29.9 Å². The van der Waals surface area contributed by atoms with Crippen molar-refractivity contribution in [2.75, 3.05) is 26.4 Å². The number of hydrogen-bond donors (Lipinski definition) is 0. The average Bonchev–Trinajstić information content (AvgIpc) is 3.09. The largest absolute Gasteiger partial charge is 0.460 e. The van der Waals surface area contributed by atoms with Crippen LogP contribution < -0.4 is 0 Å². The van der Waals surface area contributed by atoms with Crippen molar-refractivity contribution in [3.8, 4) is 0 Å². The zero-order chi connectivity index (χ0) is 24.2. The molecule has 8 heteroatoms. The molecule has 2 aliphatic rings. The number of ether oxygens (including phenoxy) is 3. The minimum Gasteiger partial charge on any atom is -0.460 e. The van der Waals surface area contributed by atoms with Gasteiger partial charge in [-0.05, 0) is 53.4 Å². The summed E-state index contributed by atoms with van der Waals surface area (Å²) in [7, 11) is 1.87. The third-order valence-electron chi connectivity index (χ3n) is 6.63. The molecule has 0 unspecified atom stereocenters. The molecule has 1 aliphatic carbocycles. The lowest BCUT2D eigenvalue weighted by Crippen LogP contribution is -2.46. The van der Waals surface area contributed by atoms with Crippen molar-refractivity contribution < 1.29 is 23.8 Å². The van der Waals surface area contributed by atoms with Gasteiger partial charge in [-0.1, -0.05) is 6.08 Å². The smallest absolute Gasteiger partial charge is 0.374 e. The second-order valence-electron chi connectivity index (χ2n) is 10.4. The Morgan fingerprint density at radius 3 is 2.58 bits per heavy atom. The number of carbonyl (C=O) groups excluding carboxylic acids is 2. The van der Waals surface area contributed by atoms with Crippen LogP contribution in [0.2, 0.25) is 0 Å². The lowest BCUT2D eigenvalue weighted by molar-refractivity contribution is -0.169. The number of esters is 2. The molecule has 1 aliphatic heterocycles. The van der Waals surface area contributed by atoms with Gasteiger partial charge in [0.2, 0.25) is 5.82 Å². The molecular weight excluding hydrogens is 422 g/mol. The van der Waals surface area contributed by atoms with Crippen LogP contribution in [0, 0.1) is 5.41 Å². The minimum absolute atomic E-state index is 0.0860.